The number of allylic oxidation sites excluding steroid dienone is 1. The number of aliphatic hydroxyl groups excluding tert-OH is 1. The minimum Gasteiger partial charge on any atom is -0.507 e. The van der Waals surface area contributed by atoms with E-state index in [2.05, 4.69) is 0 Å². The van der Waals surface area contributed by atoms with Crippen molar-refractivity contribution in [2.45, 2.75) is 26.2 Å². The highest BCUT2D eigenvalue weighted by molar-refractivity contribution is 6.50. The Morgan fingerprint density at radius 1 is 1.29 bits per heavy atom. The molecule has 0 aliphatic heterocycles. The Labute approximate surface area is 99.8 Å². The van der Waals surface area contributed by atoms with Gasteiger partial charge >= 0.3 is 0 Å². The van der Waals surface area contributed by atoms with E-state index in [-0.39, 0.29) is 11.7 Å². The smallest absolute Gasteiger partial charge is 0.233 e. The molecule has 3 nitrogen and oxygen atoms in total. The molecule has 1 aromatic carbocycles. The zero-order valence-corrected chi connectivity index (χ0v) is 9.86. The fourth-order valence-electron chi connectivity index (χ4n) is 2.07. The number of carbonyl (C=O) groups excluding carboxylic acids is 2. The first-order valence-electron chi connectivity index (χ1n) is 5.68. The SMILES string of the molecule is CCC(C)c1cccc2c1C(O)=CC(=O)C2=O. The lowest BCUT2D eigenvalue weighted by Crippen LogP contribution is -2.20. The lowest BCUT2D eigenvalue weighted by atomic mass is 9.85. The zero-order chi connectivity index (χ0) is 12.6. The van der Waals surface area contributed by atoms with E-state index < -0.39 is 11.6 Å². The van der Waals surface area contributed by atoms with Gasteiger partial charge in [0.2, 0.25) is 11.6 Å². The van der Waals surface area contributed by atoms with Gasteiger partial charge in [0.15, 0.2) is 0 Å². The summed E-state index contributed by atoms with van der Waals surface area (Å²) in [4.78, 5) is 23.1. The Balaban J connectivity index is 2.68. The number of benzene rings is 1. The van der Waals surface area contributed by atoms with E-state index in [0.29, 0.717) is 11.1 Å². The van der Waals surface area contributed by atoms with Crippen molar-refractivity contribution in [2.24, 2.45) is 0 Å². The highest BCUT2D eigenvalue weighted by Crippen LogP contribution is 2.32. The van der Waals surface area contributed by atoms with Gasteiger partial charge in [0.1, 0.15) is 5.76 Å². The minimum absolute atomic E-state index is 0.0968. The summed E-state index contributed by atoms with van der Waals surface area (Å²) in [7, 11) is 0. The fourth-order valence-corrected chi connectivity index (χ4v) is 2.07. The minimum atomic E-state index is -0.656. The first-order valence-corrected chi connectivity index (χ1v) is 5.68. The van der Waals surface area contributed by atoms with Gasteiger partial charge in [-0.3, -0.25) is 9.59 Å². The van der Waals surface area contributed by atoms with Crippen LogP contribution in [0.2, 0.25) is 0 Å². The van der Waals surface area contributed by atoms with E-state index in [4.69, 9.17) is 0 Å². The van der Waals surface area contributed by atoms with Crippen LogP contribution in [0, 0.1) is 0 Å². The topological polar surface area (TPSA) is 54.4 Å². The Morgan fingerprint density at radius 2 is 2.00 bits per heavy atom. The molecular formula is C14H14O3. The van der Waals surface area contributed by atoms with Crippen LogP contribution in [0.15, 0.2) is 24.3 Å². The van der Waals surface area contributed by atoms with E-state index in [0.717, 1.165) is 18.1 Å². The summed E-state index contributed by atoms with van der Waals surface area (Å²) in [6.45, 7) is 4.07. The molecular weight excluding hydrogens is 216 g/mol. The van der Waals surface area contributed by atoms with Crippen molar-refractivity contribution in [1.29, 1.82) is 0 Å². The van der Waals surface area contributed by atoms with Crippen molar-refractivity contribution < 1.29 is 14.7 Å². The first kappa shape index (κ1) is 11.6. The van der Waals surface area contributed by atoms with Gasteiger partial charge in [-0.2, -0.15) is 0 Å². The average Bonchev–Trinajstić information content (AvgIpc) is 2.34. The fraction of sp³-hybridized carbons (Fsp3) is 0.286. The quantitative estimate of drug-likeness (QED) is 0.795. The summed E-state index contributed by atoms with van der Waals surface area (Å²) < 4.78 is 0. The van der Waals surface area contributed by atoms with Gasteiger partial charge in [-0.1, -0.05) is 32.0 Å². The Bertz CT molecular complexity index is 526. The molecule has 88 valence electrons. The largest absolute Gasteiger partial charge is 0.507 e. The molecule has 0 aromatic heterocycles. The highest BCUT2D eigenvalue weighted by atomic mass is 16.3. The number of rotatable bonds is 2. The van der Waals surface area contributed by atoms with E-state index in [9.17, 15) is 14.7 Å². The molecule has 17 heavy (non-hydrogen) atoms. The van der Waals surface area contributed by atoms with Crippen LogP contribution in [0.5, 0.6) is 0 Å². The zero-order valence-electron chi connectivity index (χ0n) is 9.86. The molecule has 0 radical (unpaired) electrons. The number of aliphatic hydroxyl groups is 1. The molecule has 0 heterocycles. The third kappa shape index (κ3) is 1.78. The maximum Gasteiger partial charge on any atom is 0.233 e. The van der Waals surface area contributed by atoms with Crippen LogP contribution in [0.1, 0.15) is 47.7 Å². The van der Waals surface area contributed by atoms with Crippen LogP contribution in [-0.2, 0) is 4.79 Å². The second-order valence-corrected chi connectivity index (χ2v) is 4.30. The van der Waals surface area contributed by atoms with Crippen LogP contribution >= 0.6 is 0 Å². The highest BCUT2D eigenvalue weighted by Gasteiger charge is 2.28. The summed E-state index contributed by atoms with van der Waals surface area (Å²) in [5, 5.41) is 9.86. The molecule has 2 rings (SSSR count). The number of hydrogen-bond donors (Lipinski definition) is 1. The van der Waals surface area contributed by atoms with Gasteiger partial charge in [0.05, 0.1) is 0 Å². The number of ketones is 2. The standard InChI is InChI=1S/C14H14O3/c1-3-8(2)9-5-4-6-10-13(9)11(15)7-12(16)14(10)17/h4-8,15H,3H2,1-2H3. The number of hydrogen-bond acceptors (Lipinski definition) is 3. The molecule has 0 saturated heterocycles. The van der Waals surface area contributed by atoms with E-state index >= 15 is 0 Å². The molecule has 1 unspecified atom stereocenters. The molecule has 0 saturated carbocycles. The van der Waals surface area contributed by atoms with Crippen molar-refractivity contribution >= 4 is 17.3 Å². The summed E-state index contributed by atoms with van der Waals surface area (Å²) >= 11 is 0. The maximum atomic E-state index is 11.7. The Kier molecular flexibility index (Phi) is 2.84. The van der Waals surface area contributed by atoms with Crippen LogP contribution < -0.4 is 0 Å². The monoisotopic (exact) mass is 230 g/mol. The van der Waals surface area contributed by atoms with Crippen molar-refractivity contribution in [3.8, 4) is 0 Å². The maximum absolute atomic E-state index is 11.7. The number of Topliss-reactive ketones (excluding diaryl/α,β-unsaturated/α-hetero) is 1. The van der Waals surface area contributed by atoms with Crippen LogP contribution in [0.3, 0.4) is 0 Å². The second kappa shape index (κ2) is 4.17. The molecule has 1 N–H and O–H groups in total. The molecule has 0 bridgehead atoms. The average molecular weight is 230 g/mol. The van der Waals surface area contributed by atoms with Gasteiger partial charge in [-0.15, -0.1) is 0 Å². The van der Waals surface area contributed by atoms with Gasteiger partial charge in [-0.25, -0.2) is 0 Å². The molecule has 1 aromatic rings. The van der Waals surface area contributed by atoms with E-state index in [1.54, 1.807) is 12.1 Å². The summed E-state index contributed by atoms with van der Waals surface area (Å²) in [5.74, 6) is -1.05. The third-order valence-electron chi connectivity index (χ3n) is 3.23. The van der Waals surface area contributed by atoms with E-state index in [1.807, 2.05) is 19.9 Å². The van der Waals surface area contributed by atoms with Crippen molar-refractivity contribution in [3.63, 3.8) is 0 Å². The summed E-state index contributed by atoms with van der Waals surface area (Å²) in [5.41, 5.74) is 1.75. The lowest BCUT2D eigenvalue weighted by molar-refractivity contribution is -0.111. The van der Waals surface area contributed by atoms with Gasteiger partial charge < -0.3 is 5.11 Å². The van der Waals surface area contributed by atoms with Crippen LogP contribution in [0.25, 0.3) is 5.76 Å². The molecule has 1 aliphatic carbocycles. The molecule has 1 atom stereocenters. The van der Waals surface area contributed by atoms with Gasteiger partial charge in [0.25, 0.3) is 0 Å². The molecule has 3 heteroatoms. The molecule has 0 amide bonds. The first-order chi connectivity index (χ1) is 8.06. The molecule has 0 fully saturated rings. The predicted octanol–water partition coefficient (Wildman–Crippen LogP) is 2.86. The Hall–Kier alpha value is -1.90. The number of fused-ring (bicyclic) bond motifs is 1. The van der Waals surface area contributed by atoms with Crippen LogP contribution in [-0.4, -0.2) is 16.7 Å². The predicted molar refractivity (Wildman–Crippen MR) is 65.1 cm³/mol. The normalized spacial score (nSPS) is 16.5. The van der Waals surface area contributed by atoms with Gasteiger partial charge in [0, 0.05) is 17.2 Å². The molecule has 0 spiro atoms. The summed E-state index contributed by atoms with van der Waals surface area (Å²) in [6.07, 6.45) is 1.92. The number of carbonyl (C=O) groups is 2. The summed E-state index contributed by atoms with van der Waals surface area (Å²) in [6, 6.07) is 5.23. The van der Waals surface area contributed by atoms with Crippen molar-refractivity contribution in [1.82, 2.24) is 0 Å². The van der Waals surface area contributed by atoms with Crippen LogP contribution in [0.4, 0.5) is 0 Å². The third-order valence-corrected chi connectivity index (χ3v) is 3.23. The molecule has 1 aliphatic rings. The van der Waals surface area contributed by atoms with Crippen molar-refractivity contribution in [2.75, 3.05) is 0 Å². The van der Waals surface area contributed by atoms with Gasteiger partial charge in [-0.05, 0) is 17.9 Å². The second-order valence-electron chi connectivity index (χ2n) is 4.30. The van der Waals surface area contributed by atoms with Crippen molar-refractivity contribution in [3.05, 3.63) is 41.0 Å². The van der Waals surface area contributed by atoms with E-state index in [1.165, 1.54) is 0 Å². The Morgan fingerprint density at radius 3 is 2.65 bits per heavy atom. The lowest BCUT2D eigenvalue weighted by Gasteiger charge is -2.19.